The van der Waals surface area contributed by atoms with E-state index in [0.717, 1.165) is 5.56 Å². The van der Waals surface area contributed by atoms with Gasteiger partial charge in [0, 0.05) is 6.54 Å². The van der Waals surface area contributed by atoms with Gasteiger partial charge in [-0.15, -0.1) is 0 Å². The van der Waals surface area contributed by atoms with Gasteiger partial charge >= 0.3 is 12.1 Å². The van der Waals surface area contributed by atoms with Crippen molar-refractivity contribution in [3.8, 4) is 0 Å². The molecular formula is C13H16N2O4. The van der Waals surface area contributed by atoms with Crippen LogP contribution in [0, 0.1) is 0 Å². The van der Waals surface area contributed by atoms with E-state index in [0.29, 0.717) is 19.4 Å². The Kier molecular flexibility index (Phi) is 4.35. The number of amides is 1. The van der Waals surface area contributed by atoms with Crippen LogP contribution in [0.2, 0.25) is 0 Å². The number of rotatable bonds is 3. The lowest BCUT2D eigenvalue weighted by Crippen LogP contribution is -2.55. The maximum Gasteiger partial charge on any atom is 0.424 e. The minimum atomic E-state index is -0.958. The lowest BCUT2D eigenvalue weighted by Gasteiger charge is -2.30. The van der Waals surface area contributed by atoms with E-state index in [1.54, 1.807) is 0 Å². The van der Waals surface area contributed by atoms with Crippen LogP contribution in [0.3, 0.4) is 0 Å². The molecule has 0 radical (unpaired) electrons. The number of carboxylic acid groups (broad SMARTS) is 1. The summed E-state index contributed by atoms with van der Waals surface area (Å²) in [5.74, 6) is -0.958. The molecule has 19 heavy (non-hydrogen) atoms. The first-order valence-corrected chi connectivity index (χ1v) is 6.14. The molecular weight excluding hydrogens is 248 g/mol. The molecule has 6 nitrogen and oxygen atoms in total. The SMILES string of the molecule is O=C(O)[C@@H]1CCCN(C(=O)OCc2ccccc2)N1. The number of hydrogen-bond donors (Lipinski definition) is 2. The Hall–Kier alpha value is -2.08. The molecule has 1 aromatic carbocycles. The number of ether oxygens (including phenoxy) is 1. The van der Waals surface area contributed by atoms with Crippen LogP contribution < -0.4 is 5.43 Å². The highest BCUT2D eigenvalue weighted by atomic mass is 16.6. The van der Waals surface area contributed by atoms with Crippen LogP contribution >= 0.6 is 0 Å². The zero-order chi connectivity index (χ0) is 13.7. The summed E-state index contributed by atoms with van der Waals surface area (Å²) in [6.07, 6.45) is 0.608. The molecule has 1 saturated heterocycles. The average Bonchev–Trinajstić information content (AvgIpc) is 2.46. The van der Waals surface area contributed by atoms with Crippen molar-refractivity contribution in [2.24, 2.45) is 0 Å². The summed E-state index contributed by atoms with van der Waals surface area (Å²) in [6, 6.07) is 8.60. The molecule has 1 amide bonds. The van der Waals surface area contributed by atoms with Gasteiger partial charge in [0.05, 0.1) is 0 Å². The van der Waals surface area contributed by atoms with Gasteiger partial charge in [0.25, 0.3) is 0 Å². The molecule has 0 unspecified atom stereocenters. The van der Waals surface area contributed by atoms with Gasteiger partial charge in [-0.1, -0.05) is 30.3 Å². The summed E-state index contributed by atoms with van der Waals surface area (Å²) < 4.78 is 5.13. The van der Waals surface area contributed by atoms with Crippen LogP contribution in [-0.2, 0) is 16.1 Å². The van der Waals surface area contributed by atoms with Gasteiger partial charge in [0.15, 0.2) is 0 Å². The highest BCUT2D eigenvalue weighted by Gasteiger charge is 2.28. The van der Waals surface area contributed by atoms with Gasteiger partial charge in [-0.25, -0.2) is 15.2 Å². The zero-order valence-electron chi connectivity index (χ0n) is 10.4. The Balaban J connectivity index is 1.84. The number of nitrogens with zero attached hydrogens (tertiary/aromatic N) is 1. The number of aliphatic carboxylic acids is 1. The van der Waals surface area contributed by atoms with E-state index >= 15 is 0 Å². The number of hydrogen-bond acceptors (Lipinski definition) is 4. The fourth-order valence-corrected chi connectivity index (χ4v) is 1.89. The molecule has 1 heterocycles. The van der Waals surface area contributed by atoms with Crippen LogP contribution in [-0.4, -0.2) is 34.8 Å². The normalized spacial score (nSPS) is 18.9. The Bertz CT molecular complexity index is 449. The van der Waals surface area contributed by atoms with Crippen molar-refractivity contribution < 1.29 is 19.4 Å². The standard InChI is InChI=1S/C13H16N2O4/c16-12(17)11-7-4-8-15(14-11)13(18)19-9-10-5-2-1-3-6-10/h1-3,5-6,11,14H,4,7-9H2,(H,16,17)/t11-/m0/s1. The van der Waals surface area contributed by atoms with Gasteiger partial charge in [-0.2, -0.15) is 0 Å². The molecule has 0 aromatic heterocycles. The van der Waals surface area contributed by atoms with E-state index in [1.807, 2.05) is 30.3 Å². The fraction of sp³-hybridized carbons (Fsp3) is 0.385. The second-order valence-corrected chi connectivity index (χ2v) is 4.35. The van der Waals surface area contributed by atoms with E-state index in [2.05, 4.69) is 5.43 Å². The first-order valence-electron chi connectivity index (χ1n) is 6.14. The summed E-state index contributed by atoms with van der Waals surface area (Å²) in [6.45, 7) is 0.632. The number of carbonyl (C=O) groups is 2. The summed E-state index contributed by atoms with van der Waals surface area (Å²) in [4.78, 5) is 22.6. The zero-order valence-corrected chi connectivity index (χ0v) is 10.4. The second-order valence-electron chi connectivity index (χ2n) is 4.35. The smallest absolute Gasteiger partial charge is 0.424 e. The first kappa shape index (κ1) is 13.4. The summed E-state index contributed by atoms with van der Waals surface area (Å²) >= 11 is 0. The van der Waals surface area contributed by atoms with Crippen LogP contribution in [0.15, 0.2) is 30.3 Å². The third-order valence-corrected chi connectivity index (χ3v) is 2.91. The molecule has 0 saturated carbocycles. The summed E-state index contributed by atoms with van der Waals surface area (Å²) in [5, 5.41) is 10.1. The second kappa shape index (κ2) is 6.19. The predicted molar refractivity (Wildman–Crippen MR) is 67.1 cm³/mol. The molecule has 1 fully saturated rings. The lowest BCUT2D eigenvalue weighted by molar-refractivity contribution is -0.142. The Labute approximate surface area is 110 Å². The Morgan fingerprint density at radius 2 is 2.11 bits per heavy atom. The minimum absolute atomic E-state index is 0.176. The molecule has 0 aliphatic carbocycles. The van der Waals surface area contributed by atoms with E-state index < -0.39 is 18.1 Å². The van der Waals surface area contributed by atoms with Gasteiger partial charge in [-0.3, -0.25) is 4.79 Å². The van der Waals surface area contributed by atoms with Crippen molar-refractivity contribution in [3.05, 3.63) is 35.9 Å². The van der Waals surface area contributed by atoms with Gasteiger partial charge < -0.3 is 9.84 Å². The molecule has 1 aliphatic rings. The van der Waals surface area contributed by atoms with Crippen LogP contribution in [0.4, 0.5) is 4.79 Å². The average molecular weight is 264 g/mol. The lowest BCUT2D eigenvalue weighted by atomic mass is 10.1. The molecule has 2 rings (SSSR count). The molecule has 2 N–H and O–H groups in total. The summed E-state index contributed by atoms with van der Waals surface area (Å²) in [7, 11) is 0. The quantitative estimate of drug-likeness (QED) is 0.862. The topological polar surface area (TPSA) is 78.9 Å². The number of carbonyl (C=O) groups excluding carboxylic acids is 1. The molecule has 1 aromatic rings. The largest absolute Gasteiger partial charge is 0.480 e. The predicted octanol–water partition coefficient (Wildman–Crippen LogP) is 1.38. The van der Waals surface area contributed by atoms with E-state index in [1.165, 1.54) is 5.01 Å². The molecule has 6 heteroatoms. The van der Waals surface area contributed by atoms with Crippen molar-refractivity contribution in [3.63, 3.8) is 0 Å². The number of hydrazine groups is 1. The van der Waals surface area contributed by atoms with Crippen LogP contribution in [0.5, 0.6) is 0 Å². The van der Waals surface area contributed by atoms with Crippen molar-refractivity contribution in [1.29, 1.82) is 0 Å². The van der Waals surface area contributed by atoms with E-state index in [4.69, 9.17) is 9.84 Å². The molecule has 0 bridgehead atoms. The van der Waals surface area contributed by atoms with Gasteiger partial charge in [0.2, 0.25) is 0 Å². The van der Waals surface area contributed by atoms with Gasteiger partial charge in [-0.05, 0) is 18.4 Å². The molecule has 0 spiro atoms. The summed E-state index contributed by atoms with van der Waals surface area (Å²) in [5.41, 5.74) is 3.54. The monoisotopic (exact) mass is 264 g/mol. The number of benzene rings is 1. The van der Waals surface area contributed by atoms with Crippen molar-refractivity contribution in [1.82, 2.24) is 10.4 Å². The van der Waals surface area contributed by atoms with E-state index in [9.17, 15) is 9.59 Å². The highest BCUT2D eigenvalue weighted by molar-refractivity contribution is 5.75. The van der Waals surface area contributed by atoms with Gasteiger partial charge in [0.1, 0.15) is 12.6 Å². The molecule has 1 atom stereocenters. The minimum Gasteiger partial charge on any atom is -0.480 e. The maximum atomic E-state index is 11.8. The van der Waals surface area contributed by atoms with Crippen molar-refractivity contribution in [2.75, 3.05) is 6.54 Å². The van der Waals surface area contributed by atoms with Crippen molar-refractivity contribution in [2.45, 2.75) is 25.5 Å². The Morgan fingerprint density at radius 1 is 1.37 bits per heavy atom. The third kappa shape index (κ3) is 3.69. The maximum absolute atomic E-state index is 11.8. The van der Waals surface area contributed by atoms with Crippen molar-refractivity contribution >= 4 is 12.1 Å². The number of carboxylic acids is 1. The van der Waals surface area contributed by atoms with E-state index in [-0.39, 0.29) is 6.61 Å². The Morgan fingerprint density at radius 3 is 2.79 bits per heavy atom. The van der Waals surface area contributed by atoms with Crippen LogP contribution in [0.25, 0.3) is 0 Å². The third-order valence-electron chi connectivity index (χ3n) is 2.91. The first-order chi connectivity index (χ1) is 9.16. The fourth-order valence-electron chi connectivity index (χ4n) is 1.89. The number of nitrogens with one attached hydrogen (secondary N) is 1. The molecule has 1 aliphatic heterocycles. The van der Waals surface area contributed by atoms with Crippen LogP contribution in [0.1, 0.15) is 18.4 Å². The molecule has 102 valence electrons. The highest BCUT2D eigenvalue weighted by Crippen LogP contribution is 2.09.